The third-order valence-corrected chi connectivity index (χ3v) is 4.76. The molecule has 2 aromatic rings. The van der Waals surface area contributed by atoms with E-state index in [0.29, 0.717) is 17.4 Å². The average Bonchev–Trinajstić information content (AvgIpc) is 2.82. The highest BCUT2D eigenvalue weighted by Gasteiger charge is 2.34. The molecule has 11 heteroatoms. The summed E-state index contributed by atoms with van der Waals surface area (Å²) in [7, 11) is 1.41. The molecule has 33 heavy (non-hydrogen) atoms. The third kappa shape index (κ3) is 5.26. The van der Waals surface area contributed by atoms with Gasteiger partial charge >= 0.3 is 12.0 Å². The van der Waals surface area contributed by atoms with Crippen LogP contribution in [0.1, 0.15) is 28.9 Å². The lowest BCUT2D eigenvalue weighted by Gasteiger charge is -2.29. The monoisotopic (exact) mass is 455 g/mol. The highest BCUT2D eigenvalue weighted by Crippen LogP contribution is 2.32. The highest BCUT2D eigenvalue weighted by molar-refractivity contribution is 5.95. The van der Waals surface area contributed by atoms with Crippen molar-refractivity contribution in [2.24, 2.45) is 0 Å². The number of benzene rings is 2. The molecule has 0 unspecified atom stereocenters. The number of carbonyl (C=O) groups excluding carboxylic acids is 3. The number of aldehydes is 1. The second-order valence-corrected chi connectivity index (χ2v) is 6.81. The number of nitrogens with zero attached hydrogens (tertiary/aromatic N) is 1. The minimum absolute atomic E-state index is 0.0421. The molecule has 0 radical (unpaired) electrons. The van der Waals surface area contributed by atoms with Crippen LogP contribution in [0.2, 0.25) is 0 Å². The van der Waals surface area contributed by atoms with Gasteiger partial charge in [-0.15, -0.1) is 0 Å². The van der Waals surface area contributed by atoms with Gasteiger partial charge in [0.2, 0.25) is 0 Å². The molecule has 1 aliphatic rings. The Balaban J connectivity index is 2.01. The fourth-order valence-corrected chi connectivity index (χ4v) is 3.28. The molecular formula is C22H21N3O8. The number of non-ortho nitro benzene ring substituents is 1. The van der Waals surface area contributed by atoms with Crippen molar-refractivity contribution < 1.29 is 33.5 Å². The molecule has 0 aliphatic carbocycles. The van der Waals surface area contributed by atoms with E-state index in [4.69, 9.17) is 14.2 Å². The van der Waals surface area contributed by atoms with E-state index in [1.165, 1.54) is 43.5 Å². The fraction of sp³-hybridized carbons (Fsp3) is 0.227. The Hall–Kier alpha value is -4.41. The Labute approximate surface area is 188 Å². The van der Waals surface area contributed by atoms with E-state index in [0.717, 1.165) is 0 Å². The van der Waals surface area contributed by atoms with Crippen LogP contribution < -0.4 is 20.1 Å². The fourth-order valence-electron chi connectivity index (χ4n) is 3.28. The highest BCUT2D eigenvalue weighted by atomic mass is 16.6. The Kier molecular flexibility index (Phi) is 7.24. The summed E-state index contributed by atoms with van der Waals surface area (Å²) in [6.07, 6.45) is 0.657. The maximum absolute atomic E-state index is 12.8. The summed E-state index contributed by atoms with van der Waals surface area (Å²) in [5.41, 5.74) is 0.677. The van der Waals surface area contributed by atoms with Crippen LogP contribution in [0.15, 0.2) is 53.7 Å². The molecule has 1 aliphatic heterocycles. The lowest BCUT2D eigenvalue weighted by Crippen LogP contribution is -2.47. The zero-order valence-corrected chi connectivity index (χ0v) is 17.8. The lowest BCUT2D eigenvalue weighted by atomic mass is 9.95. The smallest absolute Gasteiger partial charge is 0.338 e. The van der Waals surface area contributed by atoms with Crippen LogP contribution in [0.5, 0.6) is 11.5 Å². The number of methoxy groups -OCH3 is 1. The molecule has 1 heterocycles. The summed E-state index contributed by atoms with van der Waals surface area (Å²) in [4.78, 5) is 46.8. The van der Waals surface area contributed by atoms with E-state index in [9.17, 15) is 24.5 Å². The van der Waals surface area contributed by atoms with Gasteiger partial charge in [-0.3, -0.25) is 14.9 Å². The summed E-state index contributed by atoms with van der Waals surface area (Å²) >= 11 is 0. The minimum atomic E-state index is -1.00. The zero-order valence-electron chi connectivity index (χ0n) is 17.8. The Bertz CT molecular complexity index is 1130. The first-order chi connectivity index (χ1) is 15.9. The summed E-state index contributed by atoms with van der Waals surface area (Å²) in [6, 6.07) is 8.50. The number of hydrogen-bond donors (Lipinski definition) is 2. The molecule has 0 bridgehead atoms. The van der Waals surface area contributed by atoms with Gasteiger partial charge in [0.15, 0.2) is 11.5 Å². The summed E-state index contributed by atoms with van der Waals surface area (Å²) in [5.74, 6) is -0.157. The van der Waals surface area contributed by atoms with Crippen molar-refractivity contribution in [1.29, 1.82) is 0 Å². The Morgan fingerprint density at radius 2 is 2.00 bits per heavy atom. The van der Waals surface area contributed by atoms with E-state index in [1.807, 2.05) is 0 Å². The molecule has 1 atom stereocenters. The minimum Gasteiger partial charge on any atom is -0.493 e. The molecule has 2 amide bonds. The second-order valence-electron chi connectivity index (χ2n) is 6.81. The number of esters is 1. The second kappa shape index (κ2) is 10.3. The molecule has 0 saturated carbocycles. The first-order valence-corrected chi connectivity index (χ1v) is 9.86. The van der Waals surface area contributed by atoms with Crippen molar-refractivity contribution >= 4 is 24.0 Å². The van der Waals surface area contributed by atoms with Gasteiger partial charge in [0.25, 0.3) is 5.69 Å². The molecule has 11 nitrogen and oxygen atoms in total. The van der Waals surface area contributed by atoms with Crippen LogP contribution in [-0.2, 0) is 9.53 Å². The van der Waals surface area contributed by atoms with Crippen molar-refractivity contribution in [3.05, 3.63) is 75.0 Å². The Morgan fingerprint density at radius 3 is 2.67 bits per heavy atom. The Morgan fingerprint density at radius 1 is 1.21 bits per heavy atom. The van der Waals surface area contributed by atoms with Gasteiger partial charge in [-0.05, 0) is 30.7 Å². The molecule has 3 rings (SSSR count). The molecule has 2 aromatic carbocycles. The first kappa shape index (κ1) is 23.3. The zero-order chi connectivity index (χ0) is 24.0. The van der Waals surface area contributed by atoms with E-state index >= 15 is 0 Å². The number of carbonyl (C=O) groups is 3. The quantitative estimate of drug-likeness (QED) is 0.254. The molecular weight excluding hydrogens is 434 g/mol. The number of nitrogens with one attached hydrogen (secondary N) is 2. The standard InChI is InChI=1S/C22H21N3O8/c1-3-32-21(27)19-16(12-33-17-8-7-13(11-26)9-18(17)31-2)23-22(28)24-20(19)14-5-4-6-15(10-14)25(29)30/h4-11,20H,3,12H2,1-2H3,(H2,23,24,28)/t20-/m0/s1. The number of ether oxygens (including phenoxy) is 3. The van der Waals surface area contributed by atoms with Crippen LogP contribution in [0.4, 0.5) is 10.5 Å². The van der Waals surface area contributed by atoms with Gasteiger partial charge in [0.1, 0.15) is 12.9 Å². The van der Waals surface area contributed by atoms with E-state index in [2.05, 4.69) is 10.6 Å². The van der Waals surface area contributed by atoms with Gasteiger partial charge in [-0.25, -0.2) is 9.59 Å². The largest absolute Gasteiger partial charge is 0.493 e. The van der Waals surface area contributed by atoms with Crippen LogP contribution in [0.3, 0.4) is 0 Å². The normalized spacial score (nSPS) is 15.2. The molecule has 0 aromatic heterocycles. The van der Waals surface area contributed by atoms with Crippen LogP contribution in [0.25, 0.3) is 0 Å². The predicted molar refractivity (Wildman–Crippen MR) is 115 cm³/mol. The number of nitro groups is 1. The molecule has 172 valence electrons. The van der Waals surface area contributed by atoms with Crippen molar-refractivity contribution in [3.63, 3.8) is 0 Å². The average molecular weight is 455 g/mol. The molecule has 0 fully saturated rings. The number of hydrogen-bond acceptors (Lipinski definition) is 8. The van der Waals surface area contributed by atoms with Crippen LogP contribution in [0, 0.1) is 10.1 Å². The number of amides is 2. The molecule has 2 N–H and O–H groups in total. The number of nitro benzene ring substituents is 1. The number of urea groups is 1. The van der Waals surface area contributed by atoms with Crippen LogP contribution >= 0.6 is 0 Å². The summed E-state index contributed by atoms with van der Waals surface area (Å²) < 4.78 is 16.2. The molecule has 0 saturated heterocycles. The maximum atomic E-state index is 12.8. The predicted octanol–water partition coefficient (Wildman–Crippen LogP) is 2.67. The van der Waals surface area contributed by atoms with Crippen molar-refractivity contribution in [2.45, 2.75) is 13.0 Å². The molecule has 0 spiro atoms. The third-order valence-electron chi connectivity index (χ3n) is 4.76. The number of rotatable bonds is 9. The van der Waals surface area contributed by atoms with Crippen molar-refractivity contribution in [3.8, 4) is 11.5 Å². The van der Waals surface area contributed by atoms with Crippen LogP contribution in [-0.4, -0.2) is 43.5 Å². The van der Waals surface area contributed by atoms with E-state index in [1.54, 1.807) is 13.0 Å². The van der Waals surface area contributed by atoms with Crippen molar-refractivity contribution in [1.82, 2.24) is 10.6 Å². The van der Waals surface area contributed by atoms with Gasteiger partial charge in [0, 0.05) is 17.7 Å². The lowest BCUT2D eigenvalue weighted by molar-refractivity contribution is -0.384. The summed E-state index contributed by atoms with van der Waals surface area (Å²) in [6.45, 7) is 1.46. The maximum Gasteiger partial charge on any atom is 0.338 e. The van der Waals surface area contributed by atoms with Crippen molar-refractivity contribution in [2.75, 3.05) is 20.3 Å². The van der Waals surface area contributed by atoms with E-state index < -0.39 is 23.0 Å². The summed E-state index contributed by atoms with van der Waals surface area (Å²) in [5, 5.41) is 16.3. The first-order valence-electron chi connectivity index (χ1n) is 9.86. The van der Waals surface area contributed by atoms with Gasteiger partial charge in [-0.1, -0.05) is 12.1 Å². The van der Waals surface area contributed by atoms with Gasteiger partial charge < -0.3 is 24.8 Å². The SMILES string of the molecule is CCOC(=O)C1=C(COc2ccc(C=O)cc2OC)NC(=O)N[C@H]1c1cccc([N+](=O)[O-])c1. The topological polar surface area (TPSA) is 146 Å². The van der Waals surface area contributed by atoms with E-state index in [-0.39, 0.29) is 41.7 Å². The van der Waals surface area contributed by atoms with Gasteiger partial charge in [0.05, 0.1) is 36.0 Å². The van der Waals surface area contributed by atoms with Gasteiger partial charge in [-0.2, -0.15) is 0 Å².